The Morgan fingerprint density at radius 2 is 2.14 bits per heavy atom. The maximum Gasteiger partial charge on any atom is 0.134 e. The lowest BCUT2D eigenvalue weighted by molar-refractivity contribution is -0.164. The minimum atomic E-state index is -1.06. The van der Waals surface area contributed by atoms with Crippen molar-refractivity contribution in [3.05, 3.63) is 0 Å². The average Bonchev–Trinajstić information content (AvgIpc) is 2.52. The molecule has 6 heteroatoms. The maximum absolute atomic E-state index is 9.71. The van der Waals surface area contributed by atoms with Crippen LogP contribution in [0, 0.1) is 0 Å². The number of fused-ring (bicyclic) bond motifs is 1. The summed E-state index contributed by atoms with van der Waals surface area (Å²) in [5, 5.41) is 29.0. The maximum atomic E-state index is 9.71. The molecule has 1 saturated heterocycles. The van der Waals surface area contributed by atoms with Crippen molar-refractivity contribution >= 4 is 16.8 Å². The molecule has 0 radical (unpaired) electrons. The Balaban J connectivity index is 2.14. The van der Waals surface area contributed by atoms with E-state index in [1.54, 1.807) is 0 Å². The van der Waals surface area contributed by atoms with Gasteiger partial charge in [-0.05, 0) is 6.92 Å². The highest BCUT2D eigenvalue weighted by atomic mass is 32.2. The number of aliphatic hydroxyl groups is 3. The first-order chi connectivity index (χ1) is 6.63. The fraction of sp³-hybridized carbons (Fsp3) is 0.875. The van der Waals surface area contributed by atoms with Gasteiger partial charge < -0.3 is 20.1 Å². The summed E-state index contributed by atoms with van der Waals surface area (Å²) in [4.78, 5) is 4.17. The Morgan fingerprint density at radius 1 is 1.43 bits per heavy atom. The van der Waals surface area contributed by atoms with Crippen LogP contribution in [0.1, 0.15) is 6.92 Å². The van der Waals surface area contributed by atoms with E-state index in [2.05, 4.69) is 4.99 Å². The number of rotatable bonds is 1. The fourth-order valence-electron chi connectivity index (χ4n) is 1.71. The van der Waals surface area contributed by atoms with Crippen LogP contribution in [-0.4, -0.2) is 56.8 Å². The quantitative estimate of drug-likeness (QED) is 0.525. The van der Waals surface area contributed by atoms with Gasteiger partial charge in [-0.15, -0.1) is 0 Å². The van der Waals surface area contributed by atoms with Crippen LogP contribution in [-0.2, 0) is 4.74 Å². The monoisotopic (exact) mass is 219 g/mol. The summed E-state index contributed by atoms with van der Waals surface area (Å²) in [6.45, 7) is 1.54. The minimum absolute atomic E-state index is 0.273. The molecule has 0 spiro atoms. The zero-order valence-electron chi connectivity index (χ0n) is 7.70. The second-order valence-electron chi connectivity index (χ2n) is 3.46. The molecule has 2 rings (SSSR count). The zero-order chi connectivity index (χ0) is 10.3. The van der Waals surface area contributed by atoms with Gasteiger partial charge in [0, 0.05) is 0 Å². The Labute approximate surface area is 85.8 Å². The number of hydrogen-bond donors (Lipinski definition) is 3. The highest BCUT2D eigenvalue weighted by Gasteiger charge is 2.47. The van der Waals surface area contributed by atoms with E-state index in [4.69, 9.17) is 9.84 Å². The third-order valence-electron chi connectivity index (χ3n) is 2.47. The van der Waals surface area contributed by atoms with Gasteiger partial charge in [0.15, 0.2) is 0 Å². The zero-order valence-corrected chi connectivity index (χ0v) is 8.52. The number of nitrogens with zero attached hydrogens (tertiary/aromatic N) is 1. The Kier molecular flexibility index (Phi) is 2.81. The Bertz CT molecular complexity index is 260. The highest BCUT2D eigenvalue weighted by molar-refractivity contribution is 8.14. The van der Waals surface area contributed by atoms with E-state index in [1.165, 1.54) is 11.8 Å². The fourth-order valence-corrected chi connectivity index (χ4v) is 2.79. The summed E-state index contributed by atoms with van der Waals surface area (Å²) >= 11 is 1.42. The number of ether oxygens (including phenoxy) is 1. The van der Waals surface area contributed by atoms with Gasteiger partial charge in [-0.2, -0.15) is 0 Å². The normalized spacial score (nSPS) is 47.4. The van der Waals surface area contributed by atoms with Crippen molar-refractivity contribution in [2.24, 2.45) is 4.99 Å². The average molecular weight is 219 g/mol. The summed E-state index contributed by atoms with van der Waals surface area (Å²) in [7, 11) is 0. The van der Waals surface area contributed by atoms with Crippen molar-refractivity contribution in [1.29, 1.82) is 0 Å². The first-order valence-electron chi connectivity index (χ1n) is 4.47. The SMILES string of the molecule is CC1=NC2C(O)[C@H](O)C(CO)O[C@H]2S1. The van der Waals surface area contributed by atoms with Crippen LogP contribution < -0.4 is 0 Å². The van der Waals surface area contributed by atoms with Gasteiger partial charge >= 0.3 is 0 Å². The second kappa shape index (κ2) is 3.79. The lowest BCUT2D eigenvalue weighted by Crippen LogP contribution is -2.55. The molecule has 2 aliphatic heterocycles. The predicted octanol–water partition coefficient (Wildman–Crippen LogP) is -1.04. The molecule has 3 unspecified atom stereocenters. The van der Waals surface area contributed by atoms with Crippen LogP contribution >= 0.6 is 11.8 Å². The first kappa shape index (κ1) is 10.4. The molecule has 0 amide bonds. The molecular formula is C8H13NO4S. The van der Waals surface area contributed by atoms with E-state index >= 15 is 0 Å². The van der Waals surface area contributed by atoms with E-state index in [1.807, 2.05) is 6.92 Å². The van der Waals surface area contributed by atoms with Crippen molar-refractivity contribution in [3.8, 4) is 0 Å². The third kappa shape index (κ3) is 1.57. The van der Waals surface area contributed by atoms with E-state index in [9.17, 15) is 10.2 Å². The molecular weight excluding hydrogens is 206 g/mol. The van der Waals surface area contributed by atoms with Crippen LogP contribution in [0.25, 0.3) is 0 Å². The topological polar surface area (TPSA) is 82.3 Å². The molecule has 14 heavy (non-hydrogen) atoms. The standard InChI is InChI=1S/C8H13NO4S/c1-3-9-5-7(12)6(11)4(2-10)13-8(5)14-3/h4-8,10-12H,2H2,1H3/t4?,5?,6-,7?,8+/m1/s1. The van der Waals surface area contributed by atoms with Crippen molar-refractivity contribution in [3.63, 3.8) is 0 Å². The van der Waals surface area contributed by atoms with Gasteiger partial charge in [-0.1, -0.05) is 11.8 Å². The van der Waals surface area contributed by atoms with Crippen LogP contribution in [0.2, 0.25) is 0 Å². The lowest BCUT2D eigenvalue weighted by Gasteiger charge is -2.37. The largest absolute Gasteiger partial charge is 0.394 e. The van der Waals surface area contributed by atoms with Gasteiger partial charge in [0.1, 0.15) is 29.8 Å². The minimum Gasteiger partial charge on any atom is -0.394 e. The molecule has 5 atom stereocenters. The molecule has 3 N–H and O–H groups in total. The van der Waals surface area contributed by atoms with Crippen molar-refractivity contribution in [1.82, 2.24) is 0 Å². The van der Waals surface area contributed by atoms with Crippen LogP contribution in [0.15, 0.2) is 4.99 Å². The molecule has 0 aromatic carbocycles. The molecule has 80 valence electrons. The van der Waals surface area contributed by atoms with Gasteiger partial charge in [0.25, 0.3) is 0 Å². The van der Waals surface area contributed by atoms with Crippen molar-refractivity contribution < 1.29 is 20.1 Å². The van der Waals surface area contributed by atoms with Crippen molar-refractivity contribution in [2.75, 3.05) is 6.61 Å². The Morgan fingerprint density at radius 3 is 2.79 bits per heavy atom. The second-order valence-corrected chi connectivity index (χ2v) is 4.75. The molecule has 0 aromatic rings. The molecule has 0 aromatic heterocycles. The molecule has 1 fully saturated rings. The molecule has 2 heterocycles. The van der Waals surface area contributed by atoms with Crippen LogP contribution in [0.3, 0.4) is 0 Å². The van der Waals surface area contributed by atoms with E-state index in [0.29, 0.717) is 0 Å². The molecule has 0 aliphatic carbocycles. The molecule has 0 saturated carbocycles. The summed E-state index contributed by atoms with van der Waals surface area (Å²) < 4.78 is 5.40. The first-order valence-corrected chi connectivity index (χ1v) is 5.35. The van der Waals surface area contributed by atoms with E-state index in [-0.39, 0.29) is 12.0 Å². The van der Waals surface area contributed by atoms with Gasteiger partial charge in [0.2, 0.25) is 0 Å². The number of aliphatic imine (C=N–C) groups is 1. The highest BCUT2D eigenvalue weighted by Crippen LogP contribution is 2.36. The summed E-state index contributed by atoms with van der Waals surface area (Å²) in [6, 6.07) is -0.405. The lowest BCUT2D eigenvalue weighted by atomic mass is 9.99. The smallest absolute Gasteiger partial charge is 0.134 e. The molecule has 5 nitrogen and oxygen atoms in total. The van der Waals surface area contributed by atoms with Gasteiger partial charge in [-0.25, -0.2) is 0 Å². The Hall–Kier alpha value is -0.140. The van der Waals surface area contributed by atoms with Crippen LogP contribution in [0.5, 0.6) is 0 Å². The summed E-state index contributed by atoms with van der Waals surface area (Å²) in [5.41, 5.74) is -0.273. The predicted molar refractivity (Wildman–Crippen MR) is 52.2 cm³/mol. The number of thioether (sulfide) groups is 1. The molecule has 0 bridgehead atoms. The number of aliphatic hydroxyl groups excluding tert-OH is 3. The van der Waals surface area contributed by atoms with Gasteiger partial charge in [-0.3, -0.25) is 4.99 Å². The van der Waals surface area contributed by atoms with E-state index in [0.717, 1.165) is 5.04 Å². The molecule has 2 aliphatic rings. The van der Waals surface area contributed by atoms with E-state index < -0.39 is 24.4 Å². The van der Waals surface area contributed by atoms with Crippen LogP contribution in [0.4, 0.5) is 0 Å². The third-order valence-corrected chi connectivity index (χ3v) is 3.53. The van der Waals surface area contributed by atoms with Gasteiger partial charge in [0.05, 0.1) is 11.7 Å². The summed E-state index contributed by atoms with van der Waals surface area (Å²) in [5.74, 6) is 0. The van der Waals surface area contributed by atoms with Crippen molar-refractivity contribution in [2.45, 2.75) is 36.7 Å². The number of hydrogen-bond acceptors (Lipinski definition) is 6. The summed E-state index contributed by atoms with van der Waals surface area (Å²) in [6.07, 6.45) is -2.72.